The van der Waals surface area contributed by atoms with Gasteiger partial charge in [-0.05, 0) is 31.9 Å². The Morgan fingerprint density at radius 2 is 2.00 bits per heavy atom. The highest BCUT2D eigenvalue weighted by molar-refractivity contribution is 6.43. The fourth-order valence-corrected chi connectivity index (χ4v) is 3.92. The molecule has 1 aromatic carbocycles. The lowest BCUT2D eigenvalue weighted by Gasteiger charge is -2.49. The van der Waals surface area contributed by atoms with Crippen molar-refractivity contribution in [2.24, 2.45) is 0 Å². The molecule has 2 fully saturated rings. The Hall–Kier alpha value is -0.850. The summed E-state index contributed by atoms with van der Waals surface area (Å²) in [6.07, 6.45) is 0.703. The summed E-state index contributed by atoms with van der Waals surface area (Å²) in [5, 5.41) is 20.8. The predicted octanol–water partition coefficient (Wildman–Crippen LogP) is 2.50. The van der Waals surface area contributed by atoms with Crippen LogP contribution in [0.25, 0.3) is 0 Å². The van der Waals surface area contributed by atoms with E-state index in [1.54, 1.807) is 30.0 Å². The van der Waals surface area contributed by atoms with Gasteiger partial charge < -0.3 is 19.8 Å². The summed E-state index contributed by atoms with van der Waals surface area (Å²) in [7, 11) is 0. The molecule has 0 saturated carbocycles. The average Bonchev–Trinajstić information content (AvgIpc) is 2.54. The van der Waals surface area contributed by atoms with Crippen LogP contribution in [0.3, 0.4) is 0 Å². The van der Waals surface area contributed by atoms with E-state index >= 15 is 0 Å². The van der Waals surface area contributed by atoms with Gasteiger partial charge in [0.15, 0.2) is 0 Å². The van der Waals surface area contributed by atoms with Gasteiger partial charge in [0.25, 0.3) is 5.91 Å². The minimum Gasteiger partial charge on any atom is -0.388 e. The smallest absolute Gasteiger partial charge is 0.255 e. The highest BCUT2D eigenvalue weighted by atomic mass is 35.5. The lowest BCUT2D eigenvalue weighted by Crippen LogP contribution is -2.59. The molecule has 0 aliphatic carbocycles. The number of benzene rings is 1. The van der Waals surface area contributed by atoms with E-state index in [4.69, 9.17) is 27.9 Å². The van der Waals surface area contributed by atoms with Crippen LogP contribution in [0.5, 0.6) is 0 Å². The summed E-state index contributed by atoms with van der Waals surface area (Å²) >= 11 is 12.1. The van der Waals surface area contributed by atoms with Crippen LogP contribution in [-0.4, -0.2) is 58.0 Å². The van der Waals surface area contributed by atoms with E-state index < -0.39 is 17.3 Å². The Morgan fingerprint density at radius 3 is 2.62 bits per heavy atom. The molecule has 24 heavy (non-hydrogen) atoms. The van der Waals surface area contributed by atoms with Crippen LogP contribution in [0.1, 0.15) is 36.5 Å². The molecule has 0 bridgehead atoms. The fraction of sp³-hybridized carbons (Fsp3) is 0.588. The normalized spacial score (nSPS) is 29.7. The summed E-state index contributed by atoms with van der Waals surface area (Å²) in [4.78, 5) is 14.4. The maximum absolute atomic E-state index is 12.7. The maximum Gasteiger partial charge on any atom is 0.255 e. The average molecular weight is 374 g/mol. The summed E-state index contributed by atoms with van der Waals surface area (Å²) in [5.74, 6) is -0.153. The van der Waals surface area contributed by atoms with Crippen molar-refractivity contribution >= 4 is 29.1 Å². The van der Waals surface area contributed by atoms with Crippen molar-refractivity contribution in [2.75, 3.05) is 19.7 Å². The Morgan fingerprint density at radius 1 is 1.33 bits per heavy atom. The van der Waals surface area contributed by atoms with E-state index in [2.05, 4.69) is 0 Å². The number of likely N-dealkylation sites (tertiary alicyclic amines) is 1. The summed E-state index contributed by atoms with van der Waals surface area (Å²) in [6.45, 7) is 2.76. The number of nitrogens with zero attached hydrogens (tertiary/aromatic N) is 1. The highest BCUT2D eigenvalue weighted by Crippen LogP contribution is 2.40. The van der Waals surface area contributed by atoms with Crippen LogP contribution in [0, 0.1) is 0 Å². The molecule has 5 nitrogen and oxygen atoms in total. The molecular formula is C17H21Cl2NO4. The first kappa shape index (κ1) is 18.0. The second kappa shape index (κ2) is 6.46. The first-order valence-corrected chi connectivity index (χ1v) is 8.77. The molecule has 0 aromatic heterocycles. The number of amides is 1. The molecule has 0 radical (unpaired) electrons. The summed E-state index contributed by atoms with van der Waals surface area (Å²) in [6, 6.07) is 5.02. The van der Waals surface area contributed by atoms with E-state index in [1.165, 1.54) is 0 Å². The molecule has 1 aromatic rings. The van der Waals surface area contributed by atoms with E-state index in [1.807, 2.05) is 0 Å². The number of hydrogen-bond donors (Lipinski definition) is 2. The number of halogens is 2. The monoisotopic (exact) mass is 373 g/mol. The van der Waals surface area contributed by atoms with Crippen molar-refractivity contribution in [3.8, 4) is 0 Å². The van der Waals surface area contributed by atoms with Crippen LogP contribution in [-0.2, 0) is 4.74 Å². The molecule has 1 amide bonds. The summed E-state index contributed by atoms with van der Waals surface area (Å²) in [5.41, 5.74) is -1.26. The number of aliphatic hydroxyl groups excluding tert-OH is 1. The molecule has 2 aliphatic heterocycles. The third-order valence-corrected chi connectivity index (χ3v) is 5.91. The Labute approximate surface area is 151 Å². The maximum atomic E-state index is 12.7. The van der Waals surface area contributed by atoms with Gasteiger partial charge in [-0.25, -0.2) is 0 Å². The van der Waals surface area contributed by atoms with Crippen LogP contribution in [0.2, 0.25) is 10.0 Å². The zero-order chi connectivity index (χ0) is 17.5. The van der Waals surface area contributed by atoms with Gasteiger partial charge in [-0.2, -0.15) is 0 Å². The Kier molecular flexibility index (Phi) is 4.84. The third-order valence-electron chi connectivity index (χ3n) is 5.09. The van der Waals surface area contributed by atoms with Crippen LogP contribution in [0.15, 0.2) is 18.2 Å². The molecule has 2 aliphatic rings. The lowest BCUT2D eigenvalue weighted by atomic mass is 9.76. The molecule has 0 unspecified atom stereocenters. The Balaban J connectivity index is 1.69. The summed E-state index contributed by atoms with van der Waals surface area (Å²) < 4.78 is 5.84. The van der Waals surface area contributed by atoms with Gasteiger partial charge in [0, 0.05) is 19.5 Å². The van der Waals surface area contributed by atoms with Crippen molar-refractivity contribution in [3.63, 3.8) is 0 Å². The van der Waals surface area contributed by atoms with Gasteiger partial charge in [-0.3, -0.25) is 4.79 Å². The van der Waals surface area contributed by atoms with E-state index in [-0.39, 0.29) is 17.5 Å². The molecular weight excluding hydrogens is 353 g/mol. The van der Waals surface area contributed by atoms with Crippen molar-refractivity contribution in [1.82, 2.24) is 4.90 Å². The number of aliphatic hydroxyl groups is 2. The first-order chi connectivity index (χ1) is 11.2. The second-order valence-electron chi connectivity index (χ2n) is 6.94. The molecule has 1 spiro atoms. The van der Waals surface area contributed by atoms with E-state index in [9.17, 15) is 15.0 Å². The number of hydrogen-bond acceptors (Lipinski definition) is 4. The van der Waals surface area contributed by atoms with E-state index in [0.717, 1.165) is 0 Å². The molecule has 2 N–H and O–H groups in total. The largest absolute Gasteiger partial charge is 0.388 e. The standard InChI is InChI=1S/C17H21Cl2NO4/c1-16(23)10-17(24-9-13(16)21)5-7-20(8-6-17)15(22)11-3-2-4-12(18)14(11)19/h2-4,13,21,23H,5-10H2,1H3/t13-,16-/m0/s1. The SMILES string of the molecule is C[C@]1(O)CC2(CCN(C(=O)c3cccc(Cl)c3Cl)CC2)OC[C@@H]1O. The number of rotatable bonds is 1. The van der Waals surface area contributed by atoms with Gasteiger partial charge in [0.2, 0.25) is 0 Å². The van der Waals surface area contributed by atoms with Gasteiger partial charge in [-0.15, -0.1) is 0 Å². The lowest BCUT2D eigenvalue weighted by molar-refractivity contribution is -0.221. The molecule has 132 valence electrons. The van der Waals surface area contributed by atoms with Gasteiger partial charge in [-0.1, -0.05) is 29.3 Å². The van der Waals surface area contributed by atoms with Gasteiger partial charge >= 0.3 is 0 Å². The van der Waals surface area contributed by atoms with Crippen LogP contribution >= 0.6 is 23.2 Å². The van der Waals surface area contributed by atoms with Crippen LogP contribution in [0.4, 0.5) is 0 Å². The molecule has 2 saturated heterocycles. The minimum atomic E-state index is -1.17. The zero-order valence-electron chi connectivity index (χ0n) is 13.5. The molecule has 2 heterocycles. The van der Waals surface area contributed by atoms with Crippen LogP contribution < -0.4 is 0 Å². The van der Waals surface area contributed by atoms with Crippen molar-refractivity contribution in [2.45, 2.75) is 43.5 Å². The topological polar surface area (TPSA) is 70.0 Å². The Bertz CT molecular complexity index is 641. The number of piperidine rings is 1. The quantitative estimate of drug-likeness (QED) is 0.793. The van der Waals surface area contributed by atoms with E-state index in [0.29, 0.717) is 42.9 Å². The van der Waals surface area contributed by atoms with Gasteiger partial charge in [0.1, 0.15) is 6.10 Å². The fourth-order valence-electron chi connectivity index (χ4n) is 3.53. The zero-order valence-corrected chi connectivity index (χ0v) is 15.0. The number of carbonyl (C=O) groups is 1. The second-order valence-corrected chi connectivity index (χ2v) is 7.72. The van der Waals surface area contributed by atoms with Crippen molar-refractivity contribution in [1.29, 1.82) is 0 Å². The molecule has 3 rings (SSSR count). The molecule has 7 heteroatoms. The van der Waals surface area contributed by atoms with Crippen molar-refractivity contribution in [3.05, 3.63) is 33.8 Å². The number of ether oxygens (including phenoxy) is 1. The van der Waals surface area contributed by atoms with Gasteiger partial charge in [0.05, 0.1) is 33.4 Å². The van der Waals surface area contributed by atoms with Crippen molar-refractivity contribution < 1.29 is 19.7 Å². The number of carbonyl (C=O) groups excluding carboxylic acids is 1. The first-order valence-electron chi connectivity index (χ1n) is 8.02. The third kappa shape index (κ3) is 3.28. The minimum absolute atomic E-state index is 0.112. The predicted molar refractivity (Wildman–Crippen MR) is 91.5 cm³/mol. The highest BCUT2D eigenvalue weighted by Gasteiger charge is 2.49. The molecule has 2 atom stereocenters.